The number of rotatable bonds is 6. The van der Waals surface area contributed by atoms with Gasteiger partial charge in [0.25, 0.3) is 5.91 Å². The monoisotopic (exact) mass is 365 g/mol. The van der Waals surface area contributed by atoms with E-state index < -0.39 is 21.1 Å². The van der Waals surface area contributed by atoms with Crippen LogP contribution in [0.3, 0.4) is 0 Å². The van der Waals surface area contributed by atoms with Gasteiger partial charge in [-0.1, -0.05) is 31.4 Å². The van der Waals surface area contributed by atoms with E-state index in [0.717, 1.165) is 23.8 Å². The molecular weight excluding hydrogens is 342 g/mol. The van der Waals surface area contributed by atoms with Crippen LogP contribution >= 0.6 is 0 Å². The minimum absolute atomic E-state index is 0.0108. The minimum Gasteiger partial charge on any atom is -0.410 e. The topological polar surface area (TPSA) is 102 Å². The van der Waals surface area contributed by atoms with E-state index in [-0.39, 0.29) is 17.7 Å². The van der Waals surface area contributed by atoms with Crippen molar-refractivity contribution in [1.82, 2.24) is 15.5 Å². The van der Waals surface area contributed by atoms with Gasteiger partial charge >= 0.3 is 5.22 Å². The van der Waals surface area contributed by atoms with Crippen molar-refractivity contribution in [3.8, 4) is 0 Å². The Balaban J connectivity index is 2.30. The molecule has 25 heavy (non-hydrogen) atoms. The Morgan fingerprint density at radius 3 is 2.44 bits per heavy atom. The fourth-order valence-corrected chi connectivity index (χ4v) is 2.71. The summed E-state index contributed by atoms with van der Waals surface area (Å²) in [4.78, 5) is 12.6. The lowest BCUT2D eigenvalue weighted by Crippen LogP contribution is -2.32. The van der Waals surface area contributed by atoms with Gasteiger partial charge in [-0.15, -0.1) is 5.10 Å². The van der Waals surface area contributed by atoms with E-state index in [1.165, 1.54) is 0 Å². The Hall–Kier alpha value is -2.22. The summed E-state index contributed by atoms with van der Waals surface area (Å²) in [6.07, 6.45) is 1.74. The zero-order valence-corrected chi connectivity index (χ0v) is 15.8. The molecule has 0 radical (unpaired) electrons. The summed E-state index contributed by atoms with van der Waals surface area (Å²) in [5.74, 6) is -0.192. The van der Waals surface area contributed by atoms with Crippen molar-refractivity contribution in [2.45, 2.75) is 45.4 Å². The third kappa shape index (κ3) is 4.45. The first-order valence-corrected chi connectivity index (χ1v) is 9.94. The summed E-state index contributed by atoms with van der Waals surface area (Å²) >= 11 is 0. The molecule has 2 aromatic rings. The predicted octanol–water partition coefficient (Wildman–Crippen LogP) is 2.61. The highest BCUT2D eigenvalue weighted by molar-refractivity contribution is 7.90. The number of aromatic nitrogens is 2. The number of nitrogens with one attached hydrogen (secondary N) is 1. The molecule has 1 aromatic heterocycles. The van der Waals surface area contributed by atoms with Gasteiger partial charge in [-0.3, -0.25) is 4.79 Å². The van der Waals surface area contributed by atoms with Crippen LogP contribution in [0.2, 0.25) is 0 Å². The Labute approximate surface area is 147 Å². The van der Waals surface area contributed by atoms with E-state index in [1.807, 2.05) is 39.8 Å². The third-order valence-electron chi connectivity index (χ3n) is 4.27. The molecule has 0 fully saturated rings. The number of hydrogen-bond acceptors (Lipinski definition) is 6. The number of sulfone groups is 1. The van der Waals surface area contributed by atoms with Crippen LogP contribution in [0, 0.1) is 19.8 Å². The highest BCUT2D eigenvalue weighted by Crippen LogP contribution is 2.25. The molecule has 1 amide bonds. The molecule has 8 heteroatoms. The SMILES string of the molecule is CC[C@@H](C)[C@H](NC(=O)c1ccc(C)c(C)c1)c1nnc(S(C)(=O)=O)o1. The summed E-state index contributed by atoms with van der Waals surface area (Å²) in [6.45, 7) is 7.81. The molecule has 0 unspecified atom stereocenters. The van der Waals surface area contributed by atoms with Crippen LogP contribution in [0.25, 0.3) is 0 Å². The first kappa shape index (κ1) is 19.1. The molecule has 0 spiro atoms. The molecule has 2 atom stereocenters. The zero-order chi connectivity index (χ0) is 18.8. The van der Waals surface area contributed by atoms with Crippen molar-refractivity contribution in [2.75, 3.05) is 6.26 Å². The Kier molecular flexibility index (Phi) is 5.62. The quantitative estimate of drug-likeness (QED) is 0.844. The van der Waals surface area contributed by atoms with E-state index >= 15 is 0 Å². The molecule has 0 bridgehead atoms. The lowest BCUT2D eigenvalue weighted by atomic mass is 9.98. The molecule has 0 aliphatic heterocycles. The summed E-state index contributed by atoms with van der Waals surface area (Å²) in [5.41, 5.74) is 2.65. The average Bonchev–Trinajstić information content (AvgIpc) is 3.04. The van der Waals surface area contributed by atoms with Crippen molar-refractivity contribution < 1.29 is 17.6 Å². The van der Waals surface area contributed by atoms with Crippen LogP contribution in [0.4, 0.5) is 0 Å². The molecule has 0 aliphatic carbocycles. The van der Waals surface area contributed by atoms with Gasteiger partial charge in [0, 0.05) is 11.8 Å². The summed E-state index contributed by atoms with van der Waals surface area (Å²) in [5, 5.41) is 9.83. The predicted molar refractivity (Wildman–Crippen MR) is 93.0 cm³/mol. The molecule has 2 rings (SSSR count). The van der Waals surface area contributed by atoms with Gasteiger partial charge in [-0.05, 0) is 43.0 Å². The van der Waals surface area contributed by atoms with Crippen LogP contribution in [0.1, 0.15) is 53.7 Å². The first-order chi connectivity index (χ1) is 11.6. The smallest absolute Gasteiger partial charge is 0.335 e. The van der Waals surface area contributed by atoms with Crippen molar-refractivity contribution in [1.29, 1.82) is 0 Å². The minimum atomic E-state index is -3.59. The van der Waals surface area contributed by atoms with Crippen LogP contribution in [0.5, 0.6) is 0 Å². The van der Waals surface area contributed by atoms with Crippen molar-refractivity contribution >= 4 is 15.7 Å². The Morgan fingerprint density at radius 1 is 1.24 bits per heavy atom. The van der Waals surface area contributed by atoms with Crippen molar-refractivity contribution in [3.63, 3.8) is 0 Å². The van der Waals surface area contributed by atoms with Gasteiger partial charge < -0.3 is 9.73 Å². The second-order valence-electron chi connectivity index (χ2n) is 6.31. The van der Waals surface area contributed by atoms with Gasteiger partial charge in [0.1, 0.15) is 6.04 Å². The van der Waals surface area contributed by atoms with E-state index in [0.29, 0.717) is 5.56 Å². The lowest BCUT2D eigenvalue weighted by molar-refractivity contribution is 0.0911. The molecule has 1 aromatic carbocycles. The molecule has 0 aliphatic rings. The highest BCUT2D eigenvalue weighted by atomic mass is 32.2. The molecular formula is C17H23N3O4S. The lowest BCUT2D eigenvalue weighted by Gasteiger charge is -2.21. The number of aryl methyl sites for hydroxylation is 2. The van der Waals surface area contributed by atoms with Crippen LogP contribution < -0.4 is 5.32 Å². The molecule has 1 N–H and O–H groups in total. The van der Waals surface area contributed by atoms with Gasteiger partial charge in [0.05, 0.1) is 0 Å². The Morgan fingerprint density at radius 2 is 1.92 bits per heavy atom. The van der Waals surface area contributed by atoms with E-state index in [4.69, 9.17) is 4.42 Å². The second-order valence-corrected chi connectivity index (χ2v) is 8.21. The number of carbonyl (C=O) groups is 1. The van der Waals surface area contributed by atoms with E-state index in [1.54, 1.807) is 6.07 Å². The van der Waals surface area contributed by atoms with Crippen LogP contribution in [-0.4, -0.2) is 30.8 Å². The van der Waals surface area contributed by atoms with Crippen LogP contribution in [0.15, 0.2) is 27.8 Å². The number of amides is 1. The second kappa shape index (κ2) is 7.35. The van der Waals surface area contributed by atoms with Crippen molar-refractivity contribution in [3.05, 3.63) is 40.8 Å². The fraction of sp³-hybridized carbons (Fsp3) is 0.471. The molecule has 1 heterocycles. The number of nitrogens with zero attached hydrogens (tertiary/aromatic N) is 2. The first-order valence-electron chi connectivity index (χ1n) is 8.05. The Bertz CT molecular complexity index is 874. The molecule has 7 nitrogen and oxygen atoms in total. The summed E-state index contributed by atoms with van der Waals surface area (Å²) in [6, 6.07) is 4.88. The number of hydrogen-bond donors (Lipinski definition) is 1. The van der Waals surface area contributed by atoms with Crippen molar-refractivity contribution in [2.24, 2.45) is 5.92 Å². The van der Waals surface area contributed by atoms with Gasteiger partial charge in [0.2, 0.25) is 15.7 Å². The normalized spacial score (nSPS) is 14.1. The van der Waals surface area contributed by atoms with E-state index in [9.17, 15) is 13.2 Å². The summed E-state index contributed by atoms with van der Waals surface area (Å²) in [7, 11) is -3.59. The summed E-state index contributed by atoms with van der Waals surface area (Å²) < 4.78 is 28.4. The maximum absolute atomic E-state index is 12.6. The standard InChI is InChI=1S/C17H23N3O4S/c1-6-10(2)14(16-19-20-17(24-16)25(5,22)23)18-15(21)13-8-7-11(3)12(4)9-13/h7-10,14H,6H2,1-5H3,(H,18,21)/t10-,14+/m1/s1. The highest BCUT2D eigenvalue weighted by Gasteiger charge is 2.28. The van der Waals surface area contributed by atoms with Gasteiger partial charge in [0.15, 0.2) is 0 Å². The molecule has 0 saturated carbocycles. The third-order valence-corrected chi connectivity index (χ3v) is 5.07. The van der Waals surface area contributed by atoms with E-state index in [2.05, 4.69) is 15.5 Å². The number of carbonyl (C=O) groups excluding carboxylic acids is 1. The maximum atomic E-state index is 12.6. The molecule has 136 valence electrons. The fourth-order valence-electron chi connectivity index (χ4n) is 2.29. The zero-order valence-electron chi connectivity index (χ0n) is 15.0. The maximum Gasteiger partial charge on any atom is 0.335 e. The van der Waals surface area contributed by atoms with Gasteiger partial charge in [-0.25, -0.2) is 8.42 Å². The largest absolute Gasteiger partial charge is 0.410 e. The molecule has 0 saturated heterocycles. The number of benzene rings is 1. The van der Waals surface area contributed by atoms with Gasteiger partial charge in [-0.2, -0.15) is 0 Å². The van der Waals surface area contributed by atoms with Crippen LogP contribution in [-0.2, 0) is 9.84 Å². The average molecular weight is 365 g/mol.